The Labute approximate surface area is 234 Å². The predicted molar refractivity (Wildman–Crippen MR) is 135 cm³/mol. The van der Waals surface area contributed by atoms with Gasteiger partial charge >= 0.3 is 24.0 Å². The molecule has 1 fully saturated rings. The van der Waals surface area contributed by atoms with Gasteiger partial charge in [-0.05, 0) is 41.4 Å². The minimum Gasteiger partial charge on any atom is -0.478 e. The van der Waals surface area contributed by atoms with Crippen molar-refractivity contribution in [2.45, 2.75) is 38.1 Å². The van der Waals surface area contributed by atoms with E-state index in [1.807, 2.05) is 0 Å². The fourth-order valence-electron chi connectivity index (χ4n) is 4.58. The number of nitrogens with zero attached hydrogens (tertiary/aromatic N) is 3. The standard InChI is InChI=1S/C24H16Cl4F3N3O4/c1-11-5-13(3-4-16(11)21(36)37)19-8-23(24(29,30)31,14-6-17(26)20(28)18(27)7-14)38-34(19,12(2)35)22-32-9-15(25)10-33-22/h3-7,9-10,19H,8H2,1-2H3/p+1. The lowest BCUT2D eigenvalue weighted by atomic mass is 9.84. The molecule has 14 heteroatoms. The average Bonchev–Trinajstić information content (AvgIpc) is 3.21. The molecule has 38 heavy (non-hydrogen) atoms. The Balaban J connectivity index is 2.06. The molecule has 1 aromatic heterocycles. The number of hydrogen-bond donors (Lipinski definition) is 1. The highest BCUT2D eigenvalue weighted by Gasteiger charge is 2.74. The number of halogens is 7. The van der Waals surface area contributed by atoms with Gasteiger partial charge in [-0.3, -0.25) is 0 Å². The van der Waals surface area contributed by atoms with Crippen LogP contribution in [0.3, 0.4) is 0 Å². The third-order valence-corrected chi connectivity index (χ3v) is 7.76. The van der Waals surface area contributed by atoms with Gasteiger partial charge in [0.15, 0.2) is 6.04 Å². The molecule has 2 aromatic carbocycles. The Bertz CT molecular complexity index is 1430. The number of rotatable bonds is 4. The fourth-order valence-corrected chi connectivity index (χ4v) is 5.28. The van der Waals surface area contributed by atoms with Gasteiger partial charge in [-0.1, -0.05) is 52.5 Å². The number of aromatic nitrogens is 2. The molecule has 1 aliphatic rings. The molecular weight excluding hydrogens is 593 g/mol. The largest absolute Gasteiger partial charge is 0.478 e. The van der Waals surface area contributed by atoms with Crippen molar-refractivity contribution < 1.29 is 32.7 Å². The third kappa shape index (κ3) is 4.53. The minimum atomic E-state index is -5.11. The summed E-state index contributed by atoms with van der Waals surface area (Å²) in [5.41, 5.74) is -3.25. The van der Waals surface area contributed by atoms with Gasteiger partial charge in [0.25, 0.3) is 5.60 Å². The number of alkyl halides is 3. The summed E-state index contributed by atoms with van der Waals surface area (Å²) in [6, 6.07) is 4.52. The van der Waals surface area contributed by atoms with E-state index in [-0.39, 0.29) is 36.8 Å². The Morgan fingerprint density at radius 2 is 1.66 bits per heavy atom. The number of amides is 1. The molecule has 3 unspecified atom stereocenters. The van der Waals surface area contributed by atoms with Crippen LogP contribution in [0.2, 0.25) is 20.1 Å². The number of carboxylic acid groups (broad SMARTS) is 1. The van der Waals surface area contributed by atoms with Gasteiger partial charge in [0.2, 0.25) is 0 Å². The first-order valence-electron chi connectivity index (χ1n) is 10.8. The van der Waals surface area contributed by atoms with Crippen molar-refractivity contribution in [2.24, 2.45) is 0 Å². The van der Waals surface area contributed by atoms with Crippen molar-refractivity contribution in [3.05, 3.63) is 85.1 Å². The Kier molecular flexibility index (Phi) is 7.46. The first kappa shape index (κ1) is 28.5. The maximum Gasteiger partial charge on any atom is 0.428 e. The Hall–Kier alpha value is -2.47. The van der Waals surface area contributed by atoms with E-state index in [0.29, 0.717) is 0 Å². The van der Waals surface area contributed by atoms with Crippen LogP contribution in [0, 0.1) is 6.92 Å². The summed E-state index contributed by atoms with van der Waals surface area (Å²) < 4.78 is 43.8. The molecule has 3 atom stereocenters. The molecular formula is C24H17Cl4F3N3O4+. The van der Waals surface area contributed by atoms with E-state index in [9.17, 15) is 14.7 Å². The van der Waals surface area contributed by atoms with Crippen LogP contribution in [-0.2, 0) is 15.2 Å². The first-order valence-corrected chi connectivity index (χ1v) is 12.3. The molecule has 0 spiro atoms. The summed E-state index contributed by atoms with van der Waals surface area (Å²) in [4.78, 5) is 38.8. The average molecular weight is 610 g/mol. The summed E-state index contributed by atoms with van der Waals surface area (Å²) in [5.74, 6) is -2.51. The highest BCUT2D eigenvalue weighted by atomic mass is 35.5. The van der Waals surface area contributed by atoms with Gasteiger partial charge in [-0.25, -0.2) is 9.59 Å². The molecule has 4 rings (SSSR count). The molecule has 1 N–H and O–H groups in total. The van der Waals surface area contributed by atoms with E-state index >= 15 is 13.2 Å². The zero-order valence-electron chi connectivity index (χ0n) is 19.5. The number of hydrogen-bond acceptors (Lipinski definition) is 5. The van der Waals surface area contributed by atoms with Gasteiger partial charge < -0.3 is 5.11 Å². The van der Waals surface area contributed by atoms with Crippen LogP contribution in [-0.4, -0.2) is 33.1 Å². The highest BCUT2D eigenvalue weighted by molar-refractivity contribution is 6.48. The minimum absolute atomic E-state index is 0.0605. The van der Waals surface area contributed by atoms with E-state index in [1.54, 1.807) is 0 Å². The summed E-state index contributed by atoms with van der Waals surface area (Å²) in [6.45, 7) is 2.53. The molecule has 1 aliphatic heterocycles. The van der Waals surface area contributed by atoms with E-state index in [4.69, 9.17) is 51.2 Å². The zero-order valence-corrected chi connectivity index (χ0v) is 22.5. The van der Waals surface area contributed by atoms with E-state index in [0.717, 1.165) is 31.5 Å². The lowest BCUT2D eigenvalue weighted by molar-refractivity contribution is -0.316. The number of aryl methyl sites for hydroxylation is 1. The Morgan fingerprint density at radius 1 is 1.08 bits per heavy atom. The van der Waals surface area contributed by atoms with Crippen molar-refractivity contribution in [1.82, 2.24) is 14.6 Å². The van der Waals surface area contributed by atoms with Crippen LogP contribution in [0.1, 0.15) is 46.4 Å². The van der Waals surface area contributed by atoms with Crippen LogP contribution in [0.5, 0.6) is 0 Å². The van der Waals surface area contributed by atoms with Crippen LogP contribution >= 0.6 is 46.4 Å². The molecule has 200 valence electrons. The summed E-state index contributed by atoms with van der Waals surface area (Å²) in [6.07, 6.45) is -3.71. The predicted octanol–water partition coefficient (Wildman–Crippen LogP) is 7.49. The van der Waals surface area contributed by atoms with Crippen molar-refractivity contribution >= 4 is 64.2 Å². The van der Waals surface area contributed by atoms with Gasteiger partial charge in [0, 0.05) is 11.1 Å². The number of carbonyl (C=O) groups is 2. The topological polar surface area (TPSA) is 89.4 Å². The van der Waals surface area contributed by atoms with E-state index in [1.165, 1.54) is 25.1 Å². The number of carbonyl (C=O) groups excluding carboxylic acids is 1. The SMILES string of the molecule is CC(=O)[N+]1(c2ncc(Cl)cn2)OC(c2cc(Cl)c(Cl)c(Cl)c2)(C(F)(F)F)CC1c1ccc(C(=O)O)c(C)c1. The van der Waals surface area contributed by atoms with Crippen LogP contribution in [0.4, 0.5) is 19.1 Å². The summed E-state index contributed by atoms with van der Waals surface area (Å²) in [5, 5.41) is 8.84. The first-order chi connectivity index (χ1) is 17.6. The molecule has 0 saturated carbocycles. The summed E-state index contributed by atoms with van der Waals surface area (Å²) >= 11 is 24.1. The maximum absolute atomic E-state index is 15.1. The molecule has 0 radical (unpaired) electrons. The van der Waals surface area contributed by atoms with Gasteiger partial charge in [0.05, 0.1) is 51.4 Å². The molecule has 1 saturated heterocycles. The Morgan fingerprint density at radius 3 is 2.13 bits per heavy atom. The van der Waals surface area contributed by atoms with E-state index in [2.05, 4.69) is 9.97 Å². The second-order valence-electron chi connectivity index (χ2n) is 8.65. The van der Waals surface area contributed by atoms with Gasteiger partial charge in [-0.2, -0.15) is 28.0 Å². The number of benzene rings is 2. The fraction of sp³-hybridized carbons (Fsp3) is 0.250. The summed E-state index contributed by atoms with van der Waals surface area (Å²) in [7, 11) is 0. The van der Waals surface area contributed by atoms with Crippen LogP contribution < -0.4 is 4.65 Å². The lowest BCUT2D eigenvalue weighted by Gasteiger charge is -2.33. The van der Waals surface area contributed by atoms with Crippen molar-refractivity contribution in [3.8, 4) is 0 Å². The number of aromatic carboxylic acids is 1. The molecule has 3 aromatic rings. The van der Waals surface area contributed by atoms with Crippen molar-refractivity contribution in [3.63, 3.8) is 0 Å². The van der Waals surface area contributed by atoms with Gasteiger partial charge in [0.1, 0.15) is 0 Å². The lowest BCUT2D eigenvalue weighted by Crippen LogP contribution is -2.55. The quantitative estimate of drug-likeness (QED) is 0.244. The number of carboxylic acids is 1. The van der Waals surface area contributed by atoms with Crippen LogP contribution in [0.25, 0.3) is 0 Å². The number of hydroxylamine groups is 2. The third-order valence-electron chi connectivity index (χ3n) is 6.36. The molecule has 0 aliphatic carbocycles. The molecule has 0 bridgehead atoms. The normalized spacial score (nSPS) is 23.4. The molecule has 1 amide bonds. The molecule has 2 heterocycles. The van der Waals surface area contributed by atoms with Crippen LogP contribution in [0.15, 0.2) is 42.7 Å². The second kappa shape index (κ2) is 9.93. The smallest absolute Gasteiger partial charge is 0.428 e. The monoisotopic (exact) mass is 608 g/mol. The maximum atomic E-state index is 15.1. The number of quaternary nitrogens is 1. The highest BCUT2D eigenvalue weighted by Crippen LogP contribution is 2.59. The van der Waals surface area contributed by atoms with E-state index < -0.39 is 52.3 Å². The van der Waals surface area contributed by atoms with Gasteiger partial charge in [-0.15, -0.1) is 0 Å². The van der Waals surface area contributed by atoms with Crippen molar-refractivity contribution in [1.29, 1.82) is 0 Å². The molecule has 7 nitrogen and oxygen atoms in total. The van der Waals surface area contributed by atoms with Crippen molar-refractivity contribution in [2.75, 3.05) is 0 Å². The second-order valence-corrected chi connectivity index (χ2v) is 10.3. The zero-order chi connectivity index (χ0) is 28.2.